The quantitative estimate of drug-likeness (QED) is 0.868. The van der Waals surface area contributed by atoms with E-state index in [9.17, 15) is 0 Å². The van der Waals surface area contributed by atoms with Crippen molar-refractivity contribution in [3.05, 3.63) is 12.4 Å². The lowest BCUT2D eigenvalue weighted by atomic mass is 9.94. The standard InChI is InChI=1S/C13H22N4/c1-10-9-16(2)7-5-12(10)15-13-14-6-8-17(13)11-3-4-11/h6,8,10-12H,3-5,7,9H2,1-2H3,(H,14,15). The minimum atomic E-state index is 0.575. The maximum atomic E-state index is 4.46. The Labute approximate surface area is 103 Å². The molecule has 0 spiro atoms. The van der Waals surface area contributed by atoms with Gasteiger partial charge >= 0.3 is 0 Å². The van der Waals surface area contributed by atoms with E-state index in [1.165, 1.54) is 32.4 Å². The summed E-state index contributed by atoms with van der Waals surface area (Å²) in [5.41, 5.74) is 0. The normalized spacial score (nSPS) is 30.5. The molecule has 1 saturated carbocycles. The first-order valence-electron chi connectivity index (χ1n) is 6.72. The van der Waals surface area contributed by atoms with E-state index in [0.717, 1.165) is 5.95 Å². The molecule has 2 fully saturated rings. The largest absolute Gasteiger partial charge is 0.353 e. The Bertz CT molecular complexity index is 383. The van der Waals surface area contributed by atoms with Crippen molar-refractivity contribution in [2.45, 2.75) is 38.3 Å². The average molecular weight is 234 g/mol. The number of aromatic nitrogens is 2. The zero-order valence-corrected chi connectivity index (χ0v) is 10.8. The second kappa shape index (κ2) is 4.33. The zero-order chi connectivity index (χ0) is 11.8. The first-order valence-corrected chi connectivity index (χ1v) is 6.72. The molecule has 2 heterocycles. The Morgan fingerprint density at radius 1 is 1.35 bits per heavy atom. The van der Waals surface area contributed by atoms with E-state index in [1.807, 2.05) is 6.20 Å². The van der Waals surface area contributed by atoms with Gasteiger partial charge in [0.25, 0.3) is 0 Å². The molecule has 1 N–H and O–H groups in total. The van der Waals surface area contributed by atoms with Gasteiger partial charge in [-0.2, -0.15) is 0 Å². The van der Waals surface area contributed by atoms with E-state index in [4.69, 9.17) is 0 Å². The van der Waals surface area contributed by atoms with Crippen LogP contribution in [0.25, 0.3) is 0 Å². The molecule has 94 valence electrons. The summed E-state index contributed by atoms with van der Waals surface area (Å²) in [5, 5.41) is 3.65. The lowest BCUT2D eigenvalue weighted by Crippen LogP contribution is -2.43. The van der Waals surface area contributed by atoms with Gasteiger partial charge in [0.15, 0.2) is 0 Å². The minimum absolute atomic E-state index is 0.575. The minimum Gasteiger partial charge on any atom is -0.353 e. The second-order valence-corrected chi connectivity index (χ2v) is 5.67. The molecule has 0 amide bonds. The summed E-state index contributed by atoms with van der Waals surface area (Å²) in [6, 6.07) is 1.28. The van der Waals surface area contributed by atoms with E-state index < -0.39 is 0 Å². The van der Waals surface area contributed by atoms with Gasteiger partial charge in [-0.05, 0) is 38.8 Å². The summed E-state index contributed by atoms with van der Waals surface area (Å²) in [5.74, 6) is 1.77. The summed E-state index contributed by atoms with van der Waals surface area (Å²) < 4.78 is 2.31. The molecule has 2 atom stereocenters. The molecule has 4 nitrogen and oxygen atoms in total. The lowest BCUT2D eigenvalue weighted by molar-refractivity contribution is 0.205. The van der Waals surface area contributed by atoms with Crippen LogP contribution < -0.4 is 5.32 Å². The van der Waals surface area contributed by atoms with Crippen LogP contribution >= 0.6 is 0 Å². The molecule has 17 heavy (non-hydrogen) atoms. The topological polar surface area (TPSA) is 33.1 Å². The van der Waals surface area contributed by atoms with E-state index in [1.54, 1.807) is 0 Å². The van der Waals surface area contributed by atoms with Crippen molar-refractivity contribution < 1.29 is 0 Å². The third-order valence-corrected chi connectivity index (χ3v) is 4.03. The Morgan fingerprint density at radius 3 is 2.88 bits per heavy atom. The number of hydrogen-bond donors (Lipinski definition) is 1. The van der Waals surface area contributed by atoms with Crippen LogP contribution in [0.5, 0.6) is 0 Å². The first-order chi connectivity index (χ1) is 8.24. The Morgan fingerprint density at radius 2 is 2.18 bits per heavy atom. The Balaban J connectivity index is 1.67. The number of rotatable bonds is 3. The van der Waals surface area contributed by atoms with Gasteiger partial charge in [-0.3, -0.25) is 0 Å². The number of nitrogens with one attached hydrogen (secondary N) is 1. The third kappa shape index (κ3) is 2.32. The summed E-state index contributed by atoms with van der Waals surface area (Å²) in [6.07, 6.45) is 7.87. The van der Waals surface area contributed by atoms with Crippen LogP contribution in [-0.4, -0.2) is 40.6 Å². The summed E-state index contributed by atoms with van der Waals surface area (Å²) in [6.45, 7) is 4.70. The molecule has 1 aromatic rings. The van der Waals surface area contributed by atoms with E-state index >= 15 is 0 Å². The van der Waals surface area contributed by atoms with Gasteiger partial charge in [0.1, 0.15) is 0 Å². The summed E-state index contributed by atoms with van der Waals surface area (Å²) in [4.78, 5) is 6.88. The zero-order valence-electron chi connectivity index (χ0n) is 10.8. The van der Waals surface area contributed by atoms with E-state index in [2.05, 4.69) is 39.9 Å². The van der Waals surface area contributed by atoms with Crippen LogP contribution in [0.15, 0.2) is 12.4 Å². The highest BCUT2D eigenvalue weighted by atomic mass is 15.2. The van der Waals surface area contributed by atoms with Crippen LogP contribution in [0.3, 0.4) is 0 Å². The smallest absolute Gasteiger partial charge is 0.203 e. The number of nitrogens with zero attached hydrogens (tertiary/aromatic N) is 3. The van der Waals surface area contributed by atoms with Crippen molar-refractivity contribution in [3.63, 3.8) is 0 Å². The molecule has 1 aliphatic carbocycles. The molecular weight excluding hydrogens is 212 g/mol. The highest BCUT2D eigenvalue weighted by Crippen LogP contribution is 2.37. The van der Waals surface area contributed by atoms with Gasteiger partial charge in [-0.25, -0.2) is 4.98 Å². The average Bonchev–Trinajstić information content (AvgIpc) is 3.03. The van der Waals surface area contributed by atoms with Gasteiger partial charge in [0.05, 0.1) is 0 Å². The van der Waals surface area contributed by atoms with Crippen molar-refractivity contribution in [2.24, 2.45) is 5.92 Å². The molecule has 1 aromatic heterocycles. The molecule has 2 unspecified atom stereocenters. The molecule has 1 aliphatic heterocycles. The summed E-state index contributed by atoms with van der Waals surface area (Å²) >= 11 is 0. The molecule has 0 bridgehead atoms. The van der Waals surface area contributed by atoms with Crippen LogP contribution in [0.1, 0.15) is 32.2 Å². The van der Waals surface area contributed by atoms with Crippen LogP contribution in [-0.2, 0) is 0 Å². The molecule has 0 radical (unpaired) electrons. The van der Waals surface area contributed by atoms with Gasteiger partial charge in [0.2, 0.25) is 5.95 Å². The Kier molecular flexibility index (Phi) is 2.82. The molecule has 0 aromatic carbocycles. The number of piperidine rings is 1. The van der Waals surface area contributed by atoms with Gasteiger partial charge < -0.3 is 14.8 Å². The monoisotopic (exact) mass is 234 g/mol. The van der Waals surface area contributed by atoms with Crippen molar-refractivity contribution in [2.75, 3.05) is 25.5 Å². The maximum Gasteiger partial charge on any atom is 0.203 e. The van der Waals surface area contributed by atoms with Gasteiger partial charge in [-0.15, -0.1) is 0 Å². The third-order valence-electron chi connectivity index (χ3n) is 4.03. The predicted octanol–water partition coefficient (Wildman–Crippen LogP) is 1.97. The van der Waals surface area contributed by atoms with Crippen molar-refractivity contribution in [3.8, 4) is 0 Å². The highest BCUT2D eigenvalue weighted by molar-refractivity contribution is 5.30. The maximum absolute atomic E-state index is 4.46. The first kappa shape index (κ1) is 11.1. The van der Waals surface area contributed by atoms with Crippen LogP contribution in [0.2, 0.25) is 0 Å². The van der Waals surface area contributed by atoms with E-state index in [0.29, 0.717) is 18.0 Å². The van der Waals surface area contributed by atoms with Crippen molar-refractivity contribution in [1.29, 1.82) is 0 Å². The number of imidazole rings is 1. The van der Waals surface area contributed by atoms with Crippen LogP contribution in [0.4, 0.5) is 5.95 Å². The van der Waals surface area contributed by atoms with Crippen molar-refractivity contribution in [1.82, 2.24) is 14.5 Å². The molecule has 4 heteroatoms. The summed E-state index contributed by atoms with van der Waals surface area (Å²) in [7, 11) is 2.21. The van der Waals surface area contributed by atoms with Crippen LogP contribution in [0, 0.1) is 5.92 Å². The SMILES string of the molecule is CC1CN(C)CCC1Nc1nccn1C1CC1. The molecule has 1 saturated heterocycles. The predicted molar refractivity (Wildman–Crippen MR) is 69.2 cm³/mol. The lowest BCUT2D eigenvalue weighted by Gasteiger charge is -2.35. The molecule has 3 rings (SSSR count). The van der Waals surface area contributed by atoms with Gasteiger partial charge in [0, 0.05) is 31.0 Å². The van der Waals surface area contributed by atoms with Gasteiger partial charge in [-0.1, -0.05) is 6.92 Å². The fraction of sp³-hybridized carbons (Fsp3) is 0.769. The molecule has 2 aliphatic rings. The van der Waals surface area contributed by atoms with E-state index in [-0.39, 0.29) is 0 Å². The highest BCUT2D eigenvalue weighted by Gasteiger charge is 2.28. The number of hydrogen-bond acceptors (Lipinski definition) is 3. The van der Waals surface area contributed by atoms with Crippen molar-refractivity contribution >= 4 is 5.95 Å². The number of anilines is 1. The molecular formula is C13H22N4. The second-order valence-electron chi connectivity index (χ2n) is 5.67. The number of likely N-dealkylation sites (tertiary alicyclic amines) is 1. The fourth-order valence-corrected chi connectivity index (χ4v) is 2.81. The fourth-order valence-electron chi connectivity index (χ4n) is 2.81. The Hall–Kier alpha value is -1.03.